The number of rotatable bonds is 7. The Labute approximate surface area is 246 Å². The van der Waals surface area contributed by atoms with Crippen molar-refractivity contribution in [1.29, 1.82) is 0 Å². The Morgan fingerprint density at radius 3 is 2.49 bits per heavy atom. The highest BCUT2D eigenvalue weighted by atomic mass is 16.6. The number of carbonyl (C=O) groups is 1. The monoisotopic (exact) mass is 559 g/mol. The molecule has 3 fully saturated rings. The van der Waals surface area contributed by atoms with Gasteiger partial charge in [0.25, 0.3) is 0 Å². The van der Waals surface area contributed by atoms with Gasteiger partial charge in [0.2, 0.25) is 0 Å². The summed E-state index contributed by atoms with van der Waals surface area (Å²) in [5.41, 5.74) is 5.84. The van der Waals surface area contributed by atoms with Crippen LogP contribution < -0.4 is 4.90 Å². The fourth-order valence-electron chi connectivity index (χ4n) is 7.89. The third-order valence-electron chi connectivity index (χ3n) is 10.5. The van der Waals surface area contributed by atoms with E-state index in [0.717, 1.165) is 60.4 Å². The largest absolute Gasteiger partial charge is 0.439 e. The molecule has 222 valence electrons. The highest BCUT2D eigenvalue weighted by Gasteiger charge is 2.42. The molecular weight excluding hydrogens is 510 g/mol. The molecule has 6 rings (SSSR count). The van der Waals surface area contributed by atoms with Crippen molar-refractivity contribution in [2.24, 2.45) is 23.7 Å². The van der Waals surface area contributed by atoms with Crippen molar-refractivity contribution in [3.63, 3.8) is 0 Å². The standard InChI is InChI=1S/C35H49N3O3/c1-22-7-9-26(10-8-22)27-11-13-32(40-5)30(20-27)29-12-14-33(37-15-6-16-37)36-31(29)21-38-25(4)34(41-35(38)39)28-18-23(2)17-24(3)19-28/h12,14,18-20,22-23,25-27,32,34H,6-11,13,15-17,21H2,1-5H3. The zero-order valence-electron chi connectivity index (χ0n) is 25.8. The van der Waals surface area contributed by atoms with E-state index >= 15 is 0 Å². The highest BCUT2D eigenvalue weighted by molar-refractivity contribution is 5.75. The molecule has 1 aromatic rings. The number of ether oxygens (including phenoxy) is 2. The molecule has 2 aliphatic heterocycles. The van der Waals surface area contributed by atoms with Gasteiger partial charge >= 0.3 is 6.09 Å². The van der Waals surface area contributed by atoms with Gasteiger partial charge in [0.15, 0.2) is 0 Å². The molecule has 3 heterocycles. The second-order valence-corrected chi connectivity index (χ2v) is 13.6. The molecule has 6 heteroatoms. The first-order valence-electron chi connectivity index (χ1n) is 16.2. The van der Waals surface area contributed by atoms with Crippen molar-refractivity contribution < 1.29 is 14.3 Å². The number of hydrogen-bond acceptors (Lipinski definition) is 5. The lowest BCUT2D eigenvalue weighted by molar-refractivity contribution is 0.120. The maximum Gasteiger partial charge on any atom is 0.411 e. The number of pyridine rings is 1. The maximum absolute atomic E-state index is 13.4. The van der Waals surface area contributed by atoms with E-state index < -0.39 is 0 Å². The van der Waals surface area contributed by atoms with Gasteiger partial charge in [0, 0.05) is 25.8 Å². The van der Waals surface area contributed by atoms with Crippen LogP contribution in [-0.2, 0) is 16.0 Å². The summed E-state index contributed by atoms with van der Waals surface area (Å²) in [5.74, 6) is 3.67. The number of allylic oxidation sites excluding steroid dienone is 3. The first kappa shape index (κ1) is 28.5. The molecule has 6 nitrogen and oxygen atoms in total. The fraction of sp³-hybridized carbons (Fsp3) is 0.657. The van der Waals surface area contributed by atoms with Crippen LogP contribution in [0.4, 0.5) is 10.6 Å². The SMILES string of the molecule is COC1CCC(C2CCC(C)CC2)C=C1c1ccc(N2CCC2)nc1CN1C(=O)OC(C2=CC(C)CC(C)=C2)C1C. The molecule has 0 spiro atoms. The molecule has 3 aliphatic carbocycles. The predicted molar refractivity (Wildman–Crippen MR) is 165 cm³/mol. The molecule has 0 bridgehead atoms. The molecule has 1 saturated carbocycles. The summed E-state index contributed by atoms with van der Waals surface area (Å²) in [6.45, 7) is 11.5. The highest BCUT2D eigenvalue weighted by Crippen LogP contribution is 2.43. The molecule has 5 atom stereocenters. The molecular formula is C35H49N3O3. The quantitative estimate of drug-likeness (QED) is 0.345. The van der Waals surface area contributed by atoms with Gasteiger partial charge in [-0.25, -0.2) is 9.78 Å². The summed E-state index contributed by atoms with van der Waals surface area (Å²) >= 11 is 0. The van der Waals surface area contributed by atoms with Crippen molar-refractivity contribution in [2.45, 2.75) is 104 Å². The van der Waals surface area contributed by atoms with E-state index in [4.69, 9.17) is 14.5 Å². The average molecular weight is 560 g/mol. The number of amides is 1. The van der Waals surface area contributed by atoms with Crippen molar-refractivity contribution in [2.75, 3.05) is 25.1 Å². The van der Waals surface area contributed by atoms with Crippen LogP contribution in [0.15, 0.2) is 41.5 Å². The Morgan fingerprint density at radius 2 is 1.80 bits per heavy atom. The zero-order chi connectivity index (χ0) is 28.7. The summed E-state index contributed by atoms with van der Waals surface area (Å²) in [5, 5.41) is 0. The zero-order valence-corrected chi connectivity index (χ0v) is 25.8. The van der Waals surface area contributed by atoms with Crippen molar-refractivity contribution in [1.82, 2.24) is 9.88 Å². The lowest BCUT2D eigenvalue weighted by Gasteiger charge is -2.37. The van der Waals surface area contributed by atoms with Crippen LogP contribution in [-0.4, -0.2) is 54.4 Å². The van der Waals surface area contributed by atoms with Gasteiger partial charge in [-0.3, -0.25) is 4.90 Å². The van der Waals surface area contributed by atoms with Gasteiger partial charge in [-0.05, 0) is 99.3 Å². The van der Waals surface area contributed by atoms with Crippen LogP contribution in [0.5, 0.6) is 0 Å². The third kappa shape index (κ3) is 5.86. The topological polar surface area (TPSA) is 54.9 Å². The number of hydrogen-bond donors (Lipinski definition) is 0. The maximum atomic E-state index is 13.4. The second kappa shape index (κ2) is 11.9. The van der Waals surface area contributed by atoms with E-state index in [2.05, 4.69) is 63.0 Å². The Hall–Kier alpha value is -2.60. The summed E-state index contributed by atoms with van der Waals surface area (Å²) in [6, 6.07) is 4.36. The molecule has 5 aliphatic rings. The number of nitrogens with zero attached hydrogens (tertiary/aromatic N) is 3. The van der Waals surface area contributed by atoms with Gasteiger partial charge in [-0.15, -0.1) is 0 Å². The fourth-order valence-corrected chi connectivity index (χ4v) is 7.89. The Bertz CT molecular complexity index is 1220. The van der Waals surface area contributed by atoms with E-state index in [-0.39, 0.29) is 24.3 Å². The lowest BCUT2D eigenvalue weighted by Crippen LogP contribution is -2.38. The first-order valence-corrected chi connectivity index (χ1v) is 16.2. The molecule has 5 unspecified atom stereocenters. The van der Waals surface area contributed by atoms with E-state index in [1.807, 2.05) is 12.0 Å². The minimum Gasteiger partial charge on any atom is -0.439 e. The molecule has 2 saturated heterocycles. The van der Waals surface area contributed by atoms with Gasteiger partial charge in [0.1, 0.15) is 11.9 Å². The second-order valence-electron chi connectivity index (χ2n) is 13.6. The Balaban J connectivity index is 1.32. The normalized spacial score (nSPS) is 34.0. The van der Waals surface area contributed by atoms with Crippen LogP contribution in [0.2, 0.25) is 0 Å². The van der Waals surface area contributed by atoms with Crippen LogP contribution in [0.25, 0.3) is 5.57 Å². The van der Waals surface area contributed by atoms with Crippen LogP contribution in [0.1, 0.15) is 90.3 Å². The van der Waals surface area contributed by atoms with Crippen molar-refractivity contribution >= 4 is 17.5 Å². The van der Waals surface area contributed by atoms with Crippen molar-refractivity contribution in [3.05, 3.63) is 52.8 Å². The predicted octanol–water partition coefficient (Wildman–Crippen LogP) is 7.55. The van der Waals surface area contributed by atoms with E-state index in [9.17, 15) is 4.79 Å². The van der Waals surface area contributed by atoms with Gasteiger partial charge in [-0.2, -0.15) is 0 Å². The summed E-state index contributed by atoms with van der Waals surface area (Å²) in [4.78, 5) is 22.8. The Morgan fingerprint density at radius 1 is 1.02 bits per heavy atom. The van der Waals surface area contributed by atoms with E-state index in [1.165, 1.54) is 49.7 Å². The molecule has 1 amide bonds. The van der Waals surface area contributed by atoms with E-state index in [0.29, 0.717) is 18.4 Å². The Kier molecular flexibility index (Phi) is 8.31. The summed E-state index contributed by atoms with van der Waals surface area (Å²) < 4.78 is 12.1. The number of anilines is 1. The lowest BCUT2D eigenvalue weighted by atomic mass is 9.71. The minimum absolute atomic E-state index is 0.0573. The van der Waals surface area contributed by atoms with Gasteiger partial charge in [-0.1, -0.05) is 50.5 Å². The van der Waals surface area contributed by atoms with Crippen LogP contribution in [0.3, 0.4) is 0 Å². The first-order chi connectivity index (χ1) is 19.8. The number of cyclic esters (lactones) is 1. The van der Waals surface area contributed by atoms with Crippen LogP contribution in [0, 0.1) is 23.7 Å². The number of carbonyl (C=O) groups excluding carboxylic acids is 1. The smallest absolute Gasteiger partial charge is 0.411 e. The van der Waals surface area contributed by atoms with Gasteiger partial charge < -0.3 is 14.4 Å². The summed E-state index contributed by atoms with van der Waals surface area (Å²) in [7, 11) is 1.83. The minimum atomic E-state index is -0.249. The molecule has 0 radical (unpaired) electrons. The molecule has 0 N–H and O–H groups in total. The summed E-state index contributed by atoms with van der Waals surface area (Å²) in [6.07, 6.45) is 16.4. The molecule has 41 heavy (non-hydrogen) atoms. The van der Waals surface area contributed by atoms with Crippen molar-refractivity contribution in [3.8, 4) is 0 Å². The number of aromatic nitrogens is 1. The third-order valence-corrected chi connectivity index (χ3v) is 10.5. The number of methoxy groups -OCH3 is 1. The molecule has 0 aromatic carbocycles. The van der Waals surface area contributed by atoms with Gasteiger partial charge in [0.05, 0.1) is 24.4 Å². The average Bonchev–Trinajstić information content (AvgIpc) is 3.20. The molecule has 1 aromatic heterocycles. The van der Waals surface area contributed by atoms with E-state index in [1.54, 1.807) is 0 Å². The van der Waals surface area contributed by atoms with Crippen LogP contribution >= 0.6 is 0 Å².